The quantitative estimate of drug-likeness (QED) is 0.729. The molecular weight excluding hydrogens is 206 g/mol. The fourth-order valence-electron chi connectivity index (χ4n) is 6.61. The Hall–Kier alpha value is -0.0400. The van der Waals surface area contributed by atoms with E-state index in [2.05, 4.69) is 13.8 Å². The smallest absolute Gasteiger partial charge is 0.00773 e. The molecule has 0 heterocycles. The minimum atomic E-state index is 0.691. The molecule has 4 saturated carbocycles. The van der Waals surface area contributed by atoms with Crippen LogP contribution in [0.15, 0.2) is 0 Å². The highest BCUT2D eigenvalue weighted by atomic mass is 14.6. The number of rotatable bonds is 4. The van der Waals surface area contributed by atoms with Crippen LogP contribution in [0.5, 0.6) is 0 Å². The normalized spacial score (nSPS) is 52.1. The standard InChI is InChI=1S/C16H29N/c1-14-7-13-8-15(2,10-14)12-16(9-13,11-14)5-3-4-6-17/h13H,3-12,17H2,1-2H3. The van der Waals surface area contributed by atoms with Crippen molar-refractivity contribution in [3.8, 4) is 0 Å². The first-order valence-electron chi connectivity index (χ1n) is 7.67. The summed E-state index contributed by atoms with van der Waals surface area (Å²) in [4.78, 5) is 0. The molecule has 2 unspecified atom stereocenters. The second kappa shape index (κ2) is 3.73. The Balaban J connectivity index is 1.77. The summed E-state index contributed by atoms with van der Waals surface area (Å²) in [5, 5.41) is 0. The van der Waals surface area contributed by atoms with E-state index in [1.54, 1.807) is 6.42 Å². The minimum absolute atomic E-state index is 0.691. The van der Waals surface area contributed by atoms with Gasteiger partial charge in [0, 0.05) is 0 Å². The second-order valence-electron chi connectivity index (χ2n) is 8.38. The molecule has 0 spiro atoms. The lowest BCUT2D eigenvalue weighted by Crippen LogP contribution is -2.54. The molecule has 98 valence electrons. The van der Waals surface area contributed by atoms with Crippen LogP contribution in [-0.2, 0) is 0 Å². The largest absolute Gasteiger partial charge is 0.330 e. The van der Waals surface area contributed by atoms with E-state index in [4.69, 9.17) is 5.73 Å². The summed E-state index contributed by atoms with van der Waals surface area (Å²) < 4.78 is 0. The summed E-state index contributed by atoms with van der Waals surface area (Å²) in [7, 11) is 0. The lowest BCUT2D eigenvalue weighted by Gasteiger charge is -2.65. The van der Waals surface area contributed by atoms with Gasteiger partial charge in [-0.3, -0.25) is 0 Å². The van der Waals surface area contributed by atoms with Crippen LogP contribution < -0.4 is 5.73 Å². The van der Waals surface area contributed by atoms with E-state index < -0.39 is 0 Å². The zero-order chi connectivity index (χ0) is 12.1. The van der Waals surface area contributed by atoms with E-state index >= 15 is 0 Å². The molecule has 4 aliphatic carbocycles. The fraction of sp³-hybridized carbons (Fsp3) is 1.00. The van der Waals surface area contributed by atoms with Gasteiger partial charge in [-0.2, -0.15) is 0 Å². The average Bonchev–Trinajstić information content (AvgIpc) is 2.11. The van der Waals surface area contributed by atoms with Gasteiger partial charge >= 0.3 is 0 Å². The molecule has 0 amide bonds. The maximum absolute atomic E-state index is 5.66. The van der Waals surface area contributed by atoms with E-state index in [0.717, 1.165) is 17.9 Å². The van der Waals surface area contributed by atoms with Gasteiger partial charge in [0.1, 0.15) is 0 Å². The molecule has 4 rings (SSSR count). The Kier molecular flexibility index (Phi) is 2.63. The van der Waals surface area contributed by atoms with Gasteiger partial charge in [-0.15, -0.1) is 0 Å². The summed E-state index contributed by atoms with van der Waals surface area (Å²) in [6, 6.07) is 0. The molecule has 4 bridgehead atoms. The molecule has 0 aromatic rings. The van der Waals surface area contributed by atoms with Crippen LogP contribution in [0.3, 0.4) is 0 Å². The summed E-state index contributed by atoms with van der Waals surface area (Å²) in [6.45, 7) is 6.04. The van der Waals surface area contributed by atoms with Gasteiger partial charge in [-0.25, -0.2) is 0 Å². The van der Waals surface area contributed by atoms with Gasteiger partial charge in [0.15, 0.2) is 0 Å². The Morgan fingerprint density at radius 1 is 0.941 bits per heavy atom. The van der Waals surface area contributed by atoms with Crippen LogP contribution in [0.25, 0.3) is 0 Å². The lowest BCUT2D eigenvalue weighted by molar-refractivity contribution is -0.148. The lowest BCUT2D eigenvalue weighted by atomic mass is 9.40. The van der Waals surface area contributed by atoms with Gasteiger partial charge in [0.05, 0.1) is 0 Å². The molecule has 2 N–H and O–H groups in total. The zero-order valence-electron chi connectivity index (χ0n) is 11.7. The predicted octanol–water partition coefficient (Wildman–Crippen LogP) is 4.11. The van der Waals surface area contributed by atoms with Crippen molar-refractivity contribution in [2.75, 3.05) is 6.54 Å². The summed E-state index contributed by atoms with van der Waals surface area (Å²) in [6.07, 6.45) is 13.2. The Morgan fingerprint density at radius 3 is 2.12 bits per heavy atom. The molecule has 17 heavy (non-hydrogen) atoms. The van der Waals surface area contributed by atoms with Crippen molar-refractivity contribution in [3.63, 3.8) is 0 Å². The number of hydrogen-bond donors (Lipinski definition) is 1. The van der Waals surface area contributed by atoms with Crippen molar-refractivity contribution < 1.29 is 0 Å². The van der Waals surface area contributed by atoms with Gasteiger partial charge < -0.3 is 5.73 Å². The van der Waals surface area contributed by atoms with E-state index in [1.165, 1.54) is 51.4 Å². The molecule has 0 aromatic carbocycles. The third-order valence-electron chi connectivity index (χ3n) is 5.90. The molecular formula is C16H29N. The molecule has 0 saturated heterocycles. The molecule has 4 aliphatic rings. The predicted molar refractivity (Wildman–Crippen MR) is 72.7 cm³/mol. The van der Waals surface area contributed by atoms with Crippen molar-refractivity contribution in [2.45, 2.75) is 71.6 Å². The zero-order valence-corrected chi connectivity index (χ0v) is 11.7. The van der Waals surface area contributed by atoms with E-state index in [-0.39, 0.29) is 0 Å². The van der Waals surface area contributed by atoms with E-state index in [1.807, 2.05) is 0 Å². The van der Waals surface area contributed by atoms with Crippen molar-refractivity contribution >= 4 is 0 Å². The van der Waals surface area contributed by atoms with Crippen molar-refractivity contribution in [1.82, 2.24) is 0 Å². The number of unbranched alkanes of at least 4 members (excludes halogenated alkanes) is 1. The molecule has 4 fully saturated rings. The maximum atomic E-state index is 5.66. The first-order chi connectivity index (χ1) is 7.97. The van der Waals surface area contributed by atoms with Gasteiger partial charge in [-0.05, 0) is 80.1 Å². The van der Waals surface area contributed by atoms with E-state index in [9.17, 15) is 0 Å². The molecule has 1 heteroatoms. The highest BCUT2D eigenvalue weighted by Gasteiger charge is 2.59. The summed E-state index contributed by atoms with van der Waals surface area (Å²) in [5.74, 6) is 1.05. The van der Waals surface area contributed by atoms with Crippen LogP contribution in [0, 0.1) is 22.2 Å². The highest BCUT2D eigenvalue weighted by molar-refractivity contribution is 5.10. The summed E-state index contributed by atoms with van der Waals surface area (Å²) in [5.41, 5.74) is 7.76. The maximum Gasteiger partial charge on any atom is -0.00773 e. The van der Waals surface area contributed by atoms with Gasteiger partial charge in [-0.1, -0.05) is 20.3 Å². The molecule has 1 nitrogen and oxygen atoms in total. The topological polar surface area (TPSA) is 26.0 Å². The third kappa shape index (κ3) is 2.05. The van der Waals surface area contributed by atoms with Crippen molar-refractivity contribution in [2.24, 2.45) is 27.9 Å². The first-order valence-corrected chi connectivity index (χ1v) is 7.67. The Bertz CT molecular complexity index is 291. The van der Waals surface area contributed by atoms with Crippen molar-refractivity contribution in [3.05, 3.63) is 0 Å². The number of hydrogen-bond acceptors (Lipinski definition) is 1. The van der Waals surface area contributed by atoms with Crippen LogP contribution in [0.4, 0.5) is 0 Å². The Morgan fingerprint density at radius 2 is 1.59 bits per heavy atom. The molecule has 0 radical (unpaired) electrons. The Labute approximate surface area is 107 Å². The highest BCUT2D eigenvalue weighted by Crippen LogP contribution is 2.70. The first kappa shape index (κ1) is 12.0. The molecule has 0 aromatic heterocycles. The minimum Gasteiger partial charge on any atom is -0.330 e. The second-order valence-corrected chi connectivity index (χ2v) is 8.38. The SMILES string of the molecule is CC12CC3CC(C)(C1)CC(CCCCN)(C3)C2. The molecule has 2 atom stereocenters. The van der Waals surface area contributed by atoms with Crippen LogP contribution in [0.1, 0.15) is 71.6 Å². The van der Waals surface area contributed by atoms with Gasteiger partial charge in [0.25, 0.3) is 0 Å². The monoisotopic (exact) mass is 235 g/mol. The average molecular weight is 235 g/mol. The third-order valence-corrected chi connectivity index (χ3v) is 5.90. The van der Waals surface area contributed by atoms with Crippen LogP contribution >= 0.6 is 0 Å². The van der Waals surface area contributed by atoms with Gasteiger partial charge in [0.2, 0.25) is 0 Å². The fourth-order valence-corrected chi connectivity index (χ4v) is 6.61. The van der Waals surface area contributed by atoms with Crippen molar-refractivity contribution in [1.29, 1.82) is 0 Å². The van der Waals surface area contributed by atoms with Crippen LogP contribution in [-0.4, -0.2) is 6.54 Å². The van der Waals surface area contributed by atoms with E-state index in [0.29, 0.717) is 10.8 Å². The summed E-state index contributed by atoms with van der Waals surface area (Å²) >= 11 is 0. The van der Waals surface area contributed by atoms with Crippen LogP contribution in [0.2, 0.25) is 0 Å². The number of nitrogens with two attached hydrogens (primary N) is 1. The molecule has 0 aliphatic heterocycles.